The van der Waals surface area contributed by atoms with E-state index < -0.39 is 74.0 Å². The standard InChI is InChI=1S/C26H28F4N3O9P/c1-14(2)40-22(36)15(3)32-43(38,42-18-9-8-16-6-4-5-7-17(16)12-18)39-13-25(23(27)28)26(29,30)20(35)21(41-25)33-11-10-19(34)31-24(33)37/h4-12,14-15,20-21,23,35H,13H2,1-3H3,(H,32,38)(H,31,34,37)/t15-,20+,21+,25-,43-/m0/s1. The fourth-order valence-electron chi connectivity index (χ4n) is 4.27. The number of esters is 1. The highest BCUT2D eigenvalue weighted by molar-refractivity contribution is 7.52. The van der Waals surface area contributed by atoms with Gasteiger partial charge in [-0.1, -0.05) is 30.3 Å². The van der Waals surface area contributed by atoms with Crippen LogP contribution in [-0.2, 0) is 23.4 Å². The topological polar surface area (TPSA) is 158 Å². The van der Waals surface area contributed by atoms with E-state index in [1.54, 1.807) is 35.3 Å². The Morgan fingerprint density at radius 3 is 2.44 bits per heavy atom. The van der Waals surface area contributed by atoms with Crippen molar-refractivity contribution in [1.82, 2.24) is 14.6 Å². The zero-order valence-electron chi connectivity index (χ0n) is 22.9. The van der Waals surface area contributed by atoms with Gasteiger partial charge >= 0.3 is 25.3 Å². The van der Waals surface area contributed by atoms with E-state index in [-0.39, 0.29) is 10.3 Å². The summed E-state index contributed by atoms with van der Waals surface area (Å²) in [6, 6.07) is 10.5. The Labute approximate surface area is 241 Å². The van der Waals surface area contributed by atoms with E-state index in [1.165, 1.54) is 32.9 Å². The number of nitrogens with zero attached hydrogens (tertiary/aromatic N) is 1. The molecular formula is C26H28F4N3O9P. The summed E-state index contributed by atoms with van der Waals surface area (Å²) < 4.78 is 94.5. The Bertz CT molecular complexity index is 1650. The van der Waals surface area contributed by atoms with Crippen molar-refractivity contribution in [2.45, 2.75) is 63.2 Å². The van der Waals surface area contributed by atoms with Gasteiger partial charge in [0.25, 0.3) is 12.0 Å². The van der Waals surface area contributed by atoms with Gasteiger partial charge in [0.1, 0.15) is 11.8 Å². The molecule has 12 nitrogen and oxygen atoms in total. The lowest BCUT2D eigenvalue weighted by Gasteiger charge is -2.34. The molecule has 43 heavy (non-hydrogen) atoms. The fourth-order valence-corrected chi connectivity index (χ4v) is 5.79. The van der Waals surface area contributed by atoms with Crippen LogP contribution in [0.25, 0.3) is 10.8 Å². The third-order valence-corrected chi connectivity index (χ3v) is 8.09. The molecule has 2 heterocycles. The maximum atomic E-state index is 15.4. The maximum absolute atomic E-state index is 15.4. The van der Waals surface area contributed by atoms with Gasteiger partial charge in [0, 0.05) is 12.3 Å². The molecule has 1 aliphatic heterocycles. The summed E-state index contributed by atoms with van der Waals surface area (Å²) in [4.78, 5) is 37.7. The van der Waals surface area contributed by atoms with E-state index >= 15 is 8.78 Å². The number of fused-ring (bicyclic) bond motifs is 1. The van der Waals surface area contributed by atoms with E-state index in [0.717, 1.165) is 11.5 Å². The lowest BCUT2D eigenvalue weighted by atomic mass is 9.95. The van der Waals surface area contributed by atoms with Crippen molar-refractivity contribution in [3.05, 3.63) is 75.6 Å². The molecule has 17 heteroatoms. The predicted molar refractivity (Wildman–Crippen MR) is 143 cm³/mol. The number of carbonyl (C=O) groups is 1. The summed E-state index contributed by atoms with van der Waals surface area (Å²) in [5, 5.41) is 13.9. The molecule has 0 spiro atoms. The van der Waals surface area contributed by atoms with Crippen LogP contribution in [0.15, 0.2) is 64.3 Å². The number of ether oxygens (including phenoxy) is 2. The number of alkyl halides is 4. The monoisotopic (exact) mass is 633 g/mol. The number of rotatable bonds is 11. The number of H-pyrrole nitrogens is 1. The number of aromatic nitrogens is 2. The van der Waals surface area contributed by atoms with Crippen LogP contribution in [0.1, 0.15) is 27.0 Å². The number of aliphatic hydroxyl groups is 1. The van der Waals surface area contributed by atoms with Crippen molar-refractivity contribution < 1.29 is 50.5 Å². The van der Waals surface area contributed by atoms with Crippen LogP contribution in [0, 0.1) is 0 Å². The second-order valence-corrected chi connectivity index (χ2v) is 11.7. The first-order valence-electron chi connectivity index (χ1n) is 12.8. The minimum absolute atomic E-state index is 0.137. The molecule has 0 radical (unpaired) electrons. The van der Waals surface area contributed by atoms with E-state index in [4.69, 9.17) is 18.5 Å². The van der Waals surface area contributed by atoms with Crippen LogP contribution in [0.3, 0.4) is 0 Å². The van der Waals surface area contributed by atoms with Crippen molar-refractivity contribution in [2.24, 2.45) is 0 Å². The normalized spacial score (nSPS) is 23.8. The van der Waals surface area contributed by atoms with E-state index in [2.05, 4.69) is 5.09 Å². The number of aromatic amines is 1. The van der Waals surface area contributed by atoms with Gasteiger partial charge in [-0.05, 0) is 43.7 Å². The zero-order valence-corrected chi connectivity index (χ0v) is 23.8. The Kier molecular flexibility index (Phi) is 9.19. The van der Waals surface area contributed by atoms with Crippen LogP contribution in [0.2, 0.25) is 0 Å². The van der Waals surface area contributed by atoms with Crippen molar-refractivity contribution in [3.63, 3.8) is 0 Å². The zero-order chi connectivity index (χ0) is 31.7. The molecule has 1 aromatic heterocycles. The molecule has 4 rings (SSSR count). The highest BCUT2D eigenvalue weighted by Crippen LogP contribution is 2.54. The van der Waals surface area contributed by atoms with Crippen molar-refractivity contribution in [2.75, 3.05) is 6.61 Å². The maximum Gasteiger partial charge on any atom is 0.459 e. The van der Waals surface area contributed by atoms with Gasteiger partial charge < -0.3 is 19.1 Å². The summed E-state index contributed by atoms with van der Waals surface area (Å²) in [5.74, 6) is -5.89. The third kappa shape index (κ3) is 6.53. The largest absolute Gasteiger partial charge is 0.462 e. The first-order chi connectivity index (χ1) is 20.1. The Hall–Kier alpha value is -3.56. The molecule has 0 unspecified atom stereocenters. The lowest BCUT2D eigenvalue weighted by molar-refractivity contribution is -0.242. The van der Waals surface area contributed by atoms with Crippen LogP contribution in [0.4, 0.5) is 17.6 Å². The molecule has 2 aromatic carbocycles. The van der Waals surface area contributed by atoms with Crippen LogP contribution >= 0.6 is 7.75 Å². The minimum atomic E-state index is -4.99. The summed E-state index contributed by atoms with van der Waals surface area (Å²) in [5.41, 5.74) is -6.23. The van der Waals surface area contributed by atoms with Crippen LogP contribution < -0.4 is 20.9 Å². The minimum Gasteiger partial charge on any atom is -0.462 e. The molecule has 0 saturated carbocycles. The Balaban J connectivity index is 1.69. The Morgan fingerprint density at radius 2 is 1.81 bits per heavy atom. The summed E-state index contributed by atoms with van der Waals surface area (Å²) in [6.07, 6.45) is -9.46. The van der Waals surface area contributed by atoms with Gasteiger partial charge in [-0.25, -0.2) is 18.1 Å². The summed E-state index contributed by atoms with van der Waals surface area (Å²) in [7, 11) is -4.99. The number of halogens is 4. The van der Waals surface area contributed by atoms with Gasteiger partial charge in [-0.3, -0.25) is 23.7 Å². The van der Waals surface area contributed by atoms with Crippen LogP contribution in [-0.4, -0.2) is 63.4 Å². The van der Waals surface area contributed by atoms with Gasteiger partial charge in [0.05, 0.1) is 12.7 Å². The molecule has 1 fully saturated rings. The van der Waals surface area contributed by atoms with Gasteiger partial charge in [0.2, 0.25) is 5.60 Å². The average Bonchev–Trinajstić information content (AvgIpc) is 3.12. The molecule has 0 amide bonds. The summed E-state index contributed by atoms with van der Waals surface area (Å²) in [6.45, 7) is 2.41. The smallest absolute Gasteiger partial charge is 0.459 e. The first kappa shape index (κ1) is 32.4. The fraction of sp³-hybridized carbons (Fsp3) is 0.423. The van der Waals surface area contributed by atoms with E-state index in [0.29, 0.717) is 11.6 Å². The average molecular weight is 633 g/mol. The van der Waals surface area contributed by atoms with Crippen molar-refractivity contribution in [3.8, 4) is 5.75 Å². The van der Waals surface area contributed by atoms with E-state index in [1.807, 2.05) is 0 Å². The summed E-state index contributed by atoms with van der Waals surface area (Å²) >= 11 is 0. The number of aliphatic hydroxyl groups excluding tert-OH is 1. The van der Waals surface area contributed by atoms with Crippen molar-refractivity contribution >= 4 is 24.5 Å². The number of hydrogen-bond donors (Lipinski definition) is 3. The van der Waals surface area contributed by atoms with Gasteiger partial charge in [-0.15, -0.1) is 0 Å². The predicted octanol–water partition coefficient (Wildman–Crippen LogP) is 3.35. The number of carbonyl (C=O) groups excluding carboxylic acids is 1. The quantitative estimate of drug-likeness (QED) is 0.163. The second kappa shape index (κ2) is 12.2. The molecule has 3 N–H and O–H groups in total. The highest BCUT2D eigenvalue weighted by atomic mass is 31.2. The van der Waals surface area contributed by atoms with Crippen LogP contribution in [0.5, 0.6) is 5.75 Å². The van der Waals surface area contributed by atoms with Crippen molar-refractivity contribution in [1.29, 1.82) is 0 Å². The molecule has 0 aliphatic carbocycles. The Morgan fingerprint density at radius 1 is 1.14 bits per heavy atom. The number of benzene rings is 2. The second-order valence-electron chi connectivity index (χ2n) is 9.99. The molecule has 234 valence electrons. The first-order valence-corrected chi connectivity index (χ1v) is 14.4. The number of nitrogens with one attached hydrogen (secondary N) is 2. The van der Waals surface area contributed by atoms with Gasteiger partial charge in [0.15, 0.2) is 12.3 Å². The van der Waals surface area contributed by atoms with E-state index in [9.17, 15) is 32.8 Å². The molecule has 1 saturated heterocycles. The number of hydrogen-bond acceptors (Lipinski definition) is 9. The molecule has 3 aromatic rings. The molecule has 1 aliphatic rings. The molecule has 0 bridgehead atoms. The molecule has 5 atom stereocenters. The lowest BCUT2D eigenvalue weighted by Crippen LogP contribution is -2.57. The highest BCUT2D eigenvalue weighted by Gasteiger charge is 2.74. The van der Waals surface area contributed by atoms with Gasteiger partial charge in [-0.2, -0.15) is 13.9 Å². The third-order valence-electron chi connectivity index (χ3n) is 6.47. The SMILES string of the molecule is CC(C)OC(=O)[C@H](C)N[P@](=O)(OC[C@@]1(C(F)F)O[C@@H](n2ccc(=O)[nH]c2=O)[C@@H](O)C1(F)F)Oc1ccc2ccccc2c1. The molecular weight excluding hydrogens is 605 g/mol.